The van der Waals surface area contributed by atoms with E-state index in [9.17, 15) is 19.5 Å². The molecule has 0 heterocycles. The van der Waals surface area contributed by atoms with Crippen LogP contribution in [0.4, 0.5) is 4.79 Å². The maximum absolute atomic E-state index is 12.5. The van der Waals surface area contributed by atoms with Crippen molar-refractivity contribution < 1.29 is 29.3 Å². The van der Waals surface area contributed by atoms with E-state index in [4.69, 9.17) is 9.84 Å². The second kappa shape index (κ2) is 9.40. The normalized spacial score (nSPS) is 16.4. The molecule has 32 heavy (non-hydrogen) atoms. The first-order valence-electron chi connectivity index (χ1n) is 10.7. The van der Waals surface area contributed by atoms with Crippen LogP contribution in [0.2, 0.25) is 0 Å². The Morgan fingerprint density at radius 2 is 1.59 bits per heavy atom. The van der Waals surface area contributed by atoms with Crippen molar-refractivity contribution >= 4 is 18.0 Å². The Balaban J connectivity index is 1.37. The molecule has 1 fully saturated rings. The number of carbonyl (C=O) groups excluding carboxylic acids is 2. The molecule has 2 atom stereocenters. The first-order chi connectivity index (χ1) is 15.4. The van der Waals surface area contributed by atoms with E-state index in [1.165, 1.54) is 0 Å². The summed E-state index contributed by atoms with van der Waals surface area (Å²) in [6.07, 6.45) is 0.00231. The predicted molar refractivity (Wildman–Crippen MR) is 116 cm³/mol. The first-order valence-corrected chi connectivity index (χ1v) is 10.7. The average molecular weight is 438 g/mol. The number of benzene rings is 2. The molecule has 0 aromatic heterocycles. The quantitative estimate of drug-likeness (QED) is 0.476. The summed E-state index contributed by atoms with van der Waals surface area (Å²) in [6, 6.07) is 15.2. The zero-order chi connectivity index (χ0) is 22.7. The Kier molecular flexibility index (Phi) is 6.41. The lowest BCUT2D eigenvalue weighted by atomic mass is 9.98. The standard InChI is InChI=1S/C24H26N2O6/c27-21(23(29)30)12-25-22(28)20(11-14-9-10-14)26-24(31)32-13-19-17-7-3-1-5-15(17)16-6-2-4-8-18(16)19/h1-8,14,19-21,27H,9-13H2,(H,25,28)(H,26,31)(H,29,30)/t20?,21-/m0/s1. The molecule has 1 unspecified atom stereocenters. The summed E-state index contributed by atoms with van der Waals surface area (Å²) in [6.45, 7) is -0.295. The number of carbonyl (C=O) groups is 3. The highest BCUT2D eigenvalue weighted by Gasteiger charge is 2.32. The van der Waals surface area contributed by atoms with E-state index in [0.29, 0.717) is 12.3 Å². The van der Waals surface area contributed by atoms with Crippen LogP contribution in [-0.2, 0) is 14.3 Å². The van der Waals surface area contributed by atoms with Gasteiger partial charge in [-0.25, -0.2) is 9.59 Å². The van der Waals surface area contributed by atoms with Crippen LogP contribution < -0.4 is 10.6 Å². The first kappa shape index (κ1) is 21.8. The number of rotatable bonds is 9. The number of ether oxygens (including phenoxy) is 1. The number of hydrogen-bond donors (Lipinski definition) is 4. The molecule has 0 aliphatic heterocycles. The van der Waals surface area contributed by atoms with Crippen LogP contribution in [0.5, 0.6) is 0 Å². The van der Waals surface area contributed by atoms with Crippen LogP contribution in [-0.4, -0.2) is 53.5 Å². The van der Waals surface area contributed by atoms with Gasteiger partial charge in [0, 0.05) is 5.92 Å². The number of carboxylic acids is 1. The maximum Gasteiger partial charge on any atom is 0.407 e. The molecule has 4 N–H and O–H groups in total. The number of alkyl carbamates (subject to hydrolysis) is 1. The fourth-order valence-electron chi connectivity index (χ4n) is 4.11. The van der Waals surface area contributed by atoms with Gasteiger partial charge in [-0.3, -0.25) is 4.79 Å². The Labute approximate surface area is 185 Å². The van der Waals surface area contributed by atoms with E-state index in [2.05, 4.69) is 22.8 Å². The lowest BCUT2D eigenvalue weighted by Crippen LogP contribution is -2.49. The number of fused-ring (bicyclic) bond motifs is 3. The monoisotopic (exact) mass is 438 g/mol. The Bertz CT molecular complexity index is 974. The molecule has 2 aromatic rings. The molecule has 2 amide bonds. The van der Waals surface area contributed by atoms with Crippen LogP contribution in [0.1, 0.15) is 36.3 Å². The SMILES string of the molecule is O=C(NC(CC1CC1)C(=O)NC[C@H](O)C(=O)O)OCC1c2ccccc2-c2ccccc21. The number of aliphatic hydroxyl groups is 1. The van der Waals surface area contributed by atoms with E-state index in [1.807, 2.05) is 36.4 Å². The van der Waals surface area contributed by atoms with Crippen molar-refractivity contribution in [3.05, 3.63) is 59.7 Å². The molecule has 4 rings (SSSR count). The van der Waals surface area contributed by atoms with E-state index in [-0.39, 0.29) is 12.5 Å². The Morgan fingerprint density at radius 1 is 1.00 bits per heavy atom. The van der Waals surface area contributed by atoms with Crippen molar-refractivity contribution in [1.29, 1.82) is 0 Å². The second-order valence-corrected chi connectivity index (χ2v) is 8.30. The highest BCUT2D eigenvalue weighted by atomic mass is 16.5. The predicted octanol–water partition coefficient (Wildman–Crippen LogP) is 2.26. The summed E-state index contributed by atoms with van der Waals surface area (Å²) >= 11 is 0. The average Bonchev–Trinajstić information content (AvgIpc) is 3.56. The Morgan fingerprint density at radius 3 is 2.16 bits per heavy atom. The number of aliphatic hydroxyl groups excluding tert-OH is 1. The van der Waals surface area contributed by atoms with Gasteiger partial charge in [0.05, 0.1) is 6.54 Å². The van der Waals surface area contributed by atoms with E-state index >= 15 is 0 Å². The highest BCUT2D eigenvalue weighted by Crippen LogP contribution is 2.44. The fraction of sp³-hybridized carbons (Fsp3) is 0.375. The molecule has 8 heteroatoms. The highest BCUT2D eigenvalue weighted by molar-refractivity contribution is 5.86. The number of nitrogens with one attached hydrogen (secondary N) is 2. The van der Waals surface area contributed by atoms with Gasteiger partial charge in [-0.1, -0.05) is 61.4 Å². The molecule has 2 aliphatic carbocycles. The third kappa shape index (κ3) is 4.91. The van der Waals surface area contributed by atoms with Gasteiger partial charge in [0.25, 0.3) is 0 Å². The molecule has 2 aromatic carbocycles. The lowest BCUT2D eigenvalue weighted by molar-refractivity contribution is -0.146. The van der Waals surface area contributed by atoms with Gasteiger partial charge in [0.2, 0.25) is 5.91 Å². The maximum atomic E-state index is 12.5. The topological polar surface area (TPSA) is 125 Å². The largest absolute Gasteiger partial charge is 0.479 e. The summed E-state index contributed by atoms with van der Waals surface area (Å²) < 4.78 is 5.51. The van der Waals surface area contributed by atoms with Crippen LogP contribution >= 0.6 is 0 Å². The van der Waals surface area contributed by atoms with Crippen molar-refractivity contribution in [2.24, 2.45) is 5.92 Å². The van der Waals surface area contributed by atoms with Crippen LogP contribution in [0.3, 0.4) is 0 Å². The Hall–Kier alpha value is -3.39. The smallest absolute Gasteiger partial charge is 0.407 e. The van der Waals surface area contributed by atoms with Crippen LogP contribution in [0, 0.1) is 5.92 Å². The minimum Gasteiger partial charge on any atom is -0.479 e. The third-order valence-electron chi connectivity index (χ3n) is 5.97. The second-order valence-electron chi connectivity index (χ2n) is 8.30. The number of hydrogen-bond acceptors (Lipinski definition) is 5. The van der Waals surface area contributed by atoms with Gasteiger partial charge >= 0.3 is 12.1 Å². The zero-order valence-corrected chi connectivity index (χ0v) is 17.5. The molecule has 1 saturated carbocycles. The lowest BCUT2D eigenvalue weighted by Gasteiger charge is -2.20. The van der Waals surface area contributed by atoms with Crippen molar-refractivity contribution in [1.82, 2.24) is 10.6 Å². The van der Waals surface area contributed by atoms with Gasteiger partial charge < -0.3 is 25.6 Å². The summed E-state index contributed by atoms with van der Waals surface area (Å²) in [7, 11) is 0. The van der Waals surface area contributed by atoms with Crippen molar-refractivity contribution in [3.8, 4) is 11.1 Å². The van der Waals surface area contributed by atoms with E-state index < -0.39 is 36.7 Å². The molecule has 0 radical (unpaired) electrons. The fourth-order valence-corrected chi connectivity index (χ4v) is 4.11. The molecule has 8 nitrogen and oxygen atoms in total. The van der Waals surface area contributed by atoms with E-state index in [1.54, 1.807) is 0 Å². The van der Waals surface area contributed by atoms with Crippen LogP contribution in [0.15, 0.2) is 48.5 Å². The van der Waals surface area contributed by atoms with Gasteiger partial charge in [-0.15, -0.1) is 0 Å². The molecule has 168 valence electrons. The molecule has 2 aliphatic rings. The minimum absolute atomic E-state index is 0.0884. The van der Waals surface area contributed by atoms with Gasteiger partial charge in [0.1, 0.15) is 12.6 Å². The van der Waals surface area contributed by atoms with Crippen molar-refractivity contribution in [2.75, 3.05) is 13.2 Å². The van der Waals surface area contributed by atoms with Gasteiger partial charge in [0.15, 0.2) is 6.10 Å². The molecule has 0 bridgehead atoms. The van der Waals surface area contributed by atoms with Gasteiger partial charge in [-0.2, -0.15) is 0 Å². The molecule has 0 saturated heterocycles. The van der Waals surface area contributed by atoms with E-state index in [0.717, 1.165) is 35.1 Å². The summed E-state index contributed by atoms with van der Waals surface area (Å²) in [5.74, 6) is -1.71. The summed E-state index contributed by atoms with van der Waals surface area (Å²) in [5, 5.41) is 23.1. The molecular weight excluding hydrogens is 412 g/mol. The minimum atomic E-state index is -1.70. The zero-order valence-electron chi connectivity index (χ0n) is 17.5. The van der Waals surface area contributed by atoms with Crippen molar-refractivity contribution in [2.45, 2.75) is 37.3 Å². The number of aliphatic carboxylic acids is 1. The van der Waals surface area contributed by atoms with Crippen LogP contribution in [0.25, 0.3) is 11.1 Å². The third-order valence-corrected chi connectivity index (χ3v) is 5.97. The van der Waals surface area contributed by atoms with Gasteiger partial charge in [-0.05, 0) is 34.6 Å². The molecule has 0 spiro atoms. The molecular formula is C24H26N2O6. The van der Waals surface area contributed by atoms with Crippen molar-refractivity contribution in [3.63, 3.8) is 0 Å². The summed E-state index contributed by atoms with van der Waals surface area (Å²) in [5.41, 5.74) is 4.44. The summed E-state index contributed by atoms with van der Waals surface area (Å²) in [4.78, 5) is 35.7. The number of carboxylic acid groups (broad SMARTS) is 1. The number of amides is 2.